The number of hydrogen-bond acceptors (Lipinski definition) is 7. The van der Waals surface area contributed by atoms with Crippen molar-refractivity contribution in [2.75, 3.05) is 5.73 Å². The first-order valence-electron chi connectivity index (χ1n) is 6.49. The molecule has 120 valence electrons. The molecule has 0 unspecified atom stereocenters. The molecular weight excluding hydrogens is 286 g/mol. The van der Waals surface area contributed by atoms with Gasteiger partial charge in [-0.3, -0.25) is 0 Å². The summed E-state index contributed by atoms with van der Waals surface area (Å²) in [6.45, 7) is 7.88. The fourth-order valence-corrected chi connectivity index (χ4v) is 1.07. The number of nitrogen functional groups attached to an aromatic ring is 1. The molecule has 0 spiro atoms. The lowest BCUT2D eigenvalue weighted by Gasteiger charge is -1.99. The summed E-state index contributed by atoms with van der Waals surface area (Å²) in [4.78, 5) is 29.3. The summed E-state index contributed by atoms with van der Waals surface area (Å²) >= 11 is 0. The molecule has 0 saturated carbocycles. The molecule has 0 bridgehead atoms. The van der Waals surface area contributed by atoms with Crippen LogP contribution in [-0.2, 0) is 19.3 Å². The molecule has 0 saturated heterocycles. The lowest BCUT2D eigenvalue weighted by Crippen LogP contribution is -1.99. The fourth-order valence-electron chi connectivity index (χ4n) is 1.07. The number of benzene rings is 1. The zero-order valence-electron chi connectivity index (χ0n) is 13.4. The van der Waals surface area contributed by atoms with Gasteiger partial charge in [-0.2, -0.15) is 0 Å². The first-order valence-corrected chi connectivity index (χ1v) is 6.49. The fraction of sp³-hybridized carbons (Fsp3) is 0.333. The topological polar surface area (TPSA) is 103 Å². The summed E-state index contributed by atoms with van der Waals surface area (Å²) in [7, 11) is 0. The molecule has 0 aliphatic carbocycles. The average Bonchev–Trinajstić information content (AvgIpc) is 2.44. The molecule has 1 aromatic rings. The molecular formula is C15H21N3O4. The largest absolute Gasteiger partial charge is 0.399 e. The number of oxime groups is 2. The Hall–Kier alpha value is -2.70. The van der Waals surface area contributed by atoms with Gasteiger partial charge in [-0.25, -0.2) is 9.59 Å². The SMILES string of the molecule is CC(=O)ON=C(C)C.CC(=O)ON=C(C)c1ccc(N)cc1. The Kier molecular flexibility index (Phi) is 8.85. The maximum atomic E-state index is 10.5. The van der Waals surface area contributed by atoms with Gasteiger partial charge in [0.15, 0.2) is 0 Å². The smallest absolute Gasteiger partial charge is 0.331 e. The molecule has 0 aliphatic heterocycles. The molecule has 0 atom stereocenters. The Bertz CT molecular complexity index is 559. The third kappa shape index (κ3) is 10.1. The van der Waals surface area contributed by atoms with Gasteiger partial charge < -0.3 is 15.4 Å². The van der Waals surface area contributed by atoms with Crippen molar-refractivity contribution < 1.29 is 19.3 Å². The summed E-state index contributed by atoms with van der Waals surface area (Å²) in [5.41, 5.74) is 8.46. The maximum Gasteiger partial charge on any atom is 0.331 e. The van der Waals surface area contributed by atoms with Crippen LogP contribution in [0.1, 0.15) is 40.2 Å². The van der Waals surface area contributed by atoms with E-state index in [0.29, 0.717) is 11.4 Å². The van der Waals surface area contributed by atoms with Gasteiger partial charge in [0.2, 0.25) is 0 Å². The molecule has 0 aromatic heterocycles. The van der Waals surface area contributed by atoms with Crippen molar-refractivity contribution in [1.29, 1.82) is 0 Å². The van der Waals surface area contributed by atoms with Crippen molar-refractivity contribution >= 4 is 29.0 Å². The van der Waals surface area contributed by atoms with E-state index in [9.17, 15) is 9.59 Å². The second-order valence-electron chi connectivity index (χ2n) is 4.50. The highest BCUT2D eigenvalue weighted by Crippen LogP contribution is 2.06. The summed E-state index contributed by atoms with van der Waals surface area (Å²) in [6, 6.07) is 7.17. The Labute approximate surface area is 129 Å². The average molecular weight is 307 g/mol. The third-order valence-electron chi connectivity index (χ3n) is 2.00. The molecule has 7 nitrogen and oxygen atoms in total. The molecule has 0 heterocycles. The van der Waals surface area contributed by atoms with E-state index in [2.05, 4.69) is 20.0 Å². The van der Waals surface area contributed by atoms with Crippen LogP contribution in [0, 0.1) is 0 Å². The number of anilines is 1. The predicted octanol–water partition coefficient (Wildman–Crippen LogP) is 2.50. The lowest BCUT2D eigenvalue weighted by atomic mass is 10.1. The van der Waals surface area contributed by atoms with E-state index in [1.807, 2.05) is 12.1 Å². The number of carbonyl (C=O) groups is 2. The number of nitrogens with two attached hydrogens (primary N) is 1. The molecule has 1 aromatic carbocycles. The first kappa shape index (κ1) is 19.3. The van der Waals surface area contributed by atoms with Crippen LogP contribution in [0.4, 0.5) is 5.69 Å². The van der Waals surface area contributed by atoms with Crippen LogP contribution in [0.15, 0.2) is 34.6 Å². The van der Waals surface area contributed by atoms with Crippen LogP contribution in [0.3, 0.4) is 0 Å². The second kappa shape index (κ2) is 10.1. The van der Waals surface area contributed by atoms with Crippen LogP contribution in [0.25, 0.3) is 0 Å². The summed E-state index contributed by atoms with van der Waals surface area (Å²) in [5, 5.41) is 7.04. The van der Waals surface area contributed by atoms with Gasteiger partial charge in [0, 0.05) is 19.5 Å². The molecule has 2 N–H and O–H groups in total. The Morgan fingerprint density at radius 1 is 0.864 bits per heavy atom. The summed E-state index contributed by atoms with van der Waals surface area (Å²) in [6.07, 6.45) is 0. The van der Waals surface area contributed by atoms with E-state index in [1.165, 1.54) is 13.8 Å². The van der Waals surface area contributed by atoms with Gasteiger partial charge >= 0.3 is 11.9 Å². The second-order valence-corrected chi connectivity index (χ2v) is 4.50. The molecule has 22 heavy (non-hydrogen) atoms. The van der Waals surface area contributed by atoms with Crippen molar-refractivity contribution in [3.05, 3.63) is 29.8 Å². The number of nitrogens with zero attached hydrogens (tertiary/aromatic N) is 2. The van der Waals surface area contributed by atoms with E-state index < -0.39 is 5.97 Å². The van der Waals surface area contributed by atoms with Crippen LogP contribution in [-0.4, -0.2) is 23.4 Å². The first-order chi connectivity index (χ1) is 10.2. The van der Waals surface area contributed by atoms with E-state index in [-0.39, 0.29) is 5.97 Å². The Morgan fingerprint density at radius 3 is 1.68 bits per heavy atom. The number of hydrogen-bond donors (Lipinski definition) is 1. The highest BCUT2D eigenvalue weighted by Gasteiger charge is 1.98. The van der Waals surface area contributed by atoms with E-state index in [1.54, 1.807) is 32.9 Å². The minimum Gasteiger partial charge on any atom is -0.399 e. The molecule has 0 fully saturated rings. The monoisotopic (exact) mass is 307 g/mol. The zero-order valence-corrected chi connectivity index (χ0v) is 13.4. The third-order valence-corrected chi connectivity index (χ3v) is 2.00. The van der Waals surface area contributed by atoms with Crippen molar-refractivity contribution in [3.8, 4) is 0 Å². The van der Waals surface area contributed by atoms with Crippen molar-refractivity contribution in [2.24, 2.45) is 10.3 Å². The molecule has 1 rings (SSSR count). The molecule has 0 radical (unpaired) electrons. The highest BCUT2D eigenvalue weighted by molar-refractivity contribution is 5.98. The van der Waals surface area contributed by atoms with Gasteiger partial charge in [0.25, 0.3) is 0 Å². The standard InChI is InChI=1S/C10H12N2O2.C5H9NO2/c1-7(12-14-8(2)13)9-3-5-10(11)6-4-9;1-4(2)6-8-5(3)7/h3-6H,11H2,1-2H3;1-3H3. The quantitative estimate of drug-likeness (QED) is 0.400. The van der Waals surface area contributed by atoms with Crippen LogP contribution < -0.4 is 5.73 Å². The van der Waals surface area contributed by atoms with E-state index in [0.717, 1.165) is 11.3 Å². The number of carbonyl (C=O) groups excluding carboxylic acids is 2. The van der Waals surface area contributed by atoms with Crippen LogP contribution >= 0.6 is 0 Å². The van der Waals surface area contributed by atoms with E-state index in [4.69, 9.17) is 5.73 Å². The van der Waals surface area contributed by atoms with Crippen molar-refractivity contribution in [1.82, 2.24) is 0 Å². The van der Waals surface area contributed by atoms with Gasteiger partial charge in [-0.05, 0) is 38.5 Å². The lowest BCUT2D eigenvalue weighted by molar-refractivity contribution is -0.141. The zero-order chi connectivity index (χ0) is 17.1. The highest BCUT2D eigenvalue weighted by atomic mass is 16.7. The minimum atomic E-state index is -0.431. The van der Waals surface area contributed by atoms with Gasteiger partial charge in [0.05, 0.1) is 11.4 Å². The molecule has 0 amide bonds. The van der Waals surface area contributed by atoms with Gasteiger partial charge in [0.1, 0.15) is 0 Å². The van der Waals surface area contributed by atoms with Crippen LogP contribution in [0.2, 0.25) is 0 Å². The van der Waals surface area contributed by atoms with Crippen molar-refractivity contribution in [2.45, 2.75) is 34.6 Å². The van der Waals surface area contributed by atoms with Gasteiger partial charge in [-0.15, -0.1) is 0 Å². The van der Waals surface area contributed by atoms with Crippen molar-refractivity contribution in [3.63, 3.8) is 0 Å². The van der Waals surface area contributed by atoms with E-state index >= 15 is 0 Å². The minimum absolute atomic E-state index is 0.383. The number of rotatable bonds is 3. The normalized spacial score (nSPS) is 9.95. The Balaban J connectivity index is 0.000000472. The predicted molar refractivity (Wildman–Crippen MR) is 85.4 cm³/mol. The molecule has 0 aliphatic rings. The van der Waals surface area contributed by atoms with Gasteiger partial charge in [-0.1, -0.05) is 22.4 Å². The van der Waals surface area contributed by atoms with Crippen LogP contribution in [0.5, 0.6) is 0 Å². The summed E-state index contributed by atoms with van der Waals surface area (Å²) < 4.78 is 0. The summed E-state index contributed by atoms with van der Waals surface area (Å²) in [5.74, 6) is -0.814. The Morgan fingerprint density at radius 2 is 1.32 bits per heavy atom. The molecule has 7 heteroatoms. The maximum absolute atomic E-state index is 10.5.